The van der Waals surface area contributed by atoms with Gasteiger partial charge in [-0.15, -0.1) is 0 Å². The van der Waals surface area contributed by atoms with Crippen molar-refractivity contribution < 1.29 is 18.0 Å². The normalized spacial score (nSPS) is 17.8. The maximum Gasteiger partial charge on any atom is 0.243 e. The number of nitrogens with zero attached hydrogens (tertiary/aromatic N) is 6. The summed E-state index contributed by atoms with van der Waals surface area (Å²) < 4.78 is 26.9. The van der Waals surface area contributed by atoms with Crippen LogP contribution in [-0.2, 0) is 19.6 Å². The SMILES string of the molecule is O=C(CCC(=O)N1CCN(S(=O)(=O)c2ccccc2)CC1)N1CCN(c2ncccn2)CC1. The Bertz CT molecular complexity index is 1050. The first-order valence-electron chi connectivity index (χ1n) is 11.1. The zero-order valence-electron chi connectivity index (χ0n) is 18.4. The van der Waals surface area contributed by atoms with Crippen LogP contribution < -0.4 is 4.90 Å². The predicted octanol–water partition coefficient (Wildman–Crippen LogP) is 0.439. The van der Waals surface area contributed by atoms with E-state index in [1.165, 1.54) is 4.31 Å². The van der Waals surface area contributed by atoms with Crippen molar-refractivity contribution in [1.82, 2.24) is 24.1 Å². The number of benzene rings is 1. The standard InChI is InChI=1S/C22H28N6O4S/c29-20(25-11-13-27(14-12-25)22-23-9-4-10-24-22)7-8-21(30)26-15-17-28(18-16-26)33(31,32)19-5-2-1-3-6-19/h1-6,9-10H,7-8,11-18H2. The Morgan fingerprint density at radius 3 is 1.79 bits per heavy atom. The lowest BCUT2D eigenvalue weighted by atomic mass is 10.2. The summed E-state index contributed by atoms with van der Waals surface area (Å²) in [6.45, 7) is 3.61. The second-order valence-corrected chi connectivity index (χ2v) is 9.95. The molecule has 2 amide bonds. The molecule has 33 heavy (non-hydrogen) atoms. The van der Waals surface area contributed by atoms with Gasteiger partial charge in [-0.2, -0.15) is 4.31 Å². The Morgan fingerprint density at radius 1 is 0.727 bits per heavy atom. The van der Waals surface area contributed by atoms with Crippen LogP contribution in [0.2, 0.25) is 0 Å². The van der Waals surface area contributed by atoms with Crippen LogP contribution in [0.1, 0.15) is 12.8 Å². The Morgan fingerprint density at radius 2 is 1.24 bits per heavy atom. The minimum Gasteiger partial charge on any atom is -0.340 e. The fourth-order valence-electron chi connectivity index (χ4n) is 4.06. The molecule has 0 N–H and O–H groups in total. The zero-order chi connectivity index (χ0) is 23.3. The maximum absolute atomic E-state index is 12.7. The molecule has 176 valence electrons. The van der Waals surface area contributed by atoms with E-state index < -0.39 is 10.0 Å². The number of piperazine rings is 2. The molecule has 2 fully saturated rings. The molecule has 0 aliphatic carbocycles. The molecule has 1 aromatic carbocycles. The Kier molecular flexibility index (Phi) is 7.19. The molecule has 11 heteroatoms. The molecule has 2 saturated heterocycles. The number of carbonyl (C=O) groups excluding carboxylic acids is 2. The van der Waals surface area contributed by atoms with Gasteiger partial charge >= 0.3 is 0 Å². The molecule has 1 aromatic heterocycles. The van der Waals surface area contributed by atoms with Crippen LogP contribution in [0, 0.1) is 0 Å². The van der Waals surface area contributed by atoms with Gasteiger partial charge < -0.3 is 14.7 Å². The third-order valence-corrected chi connectivity index (χ3v) is 7.91. The van der Waals surface area contributed by atoms with Gasteiger partial charge in [0.15, 0.2) is 0 Å². The summed E-state index contributed by atoms with van der Waals surface area (Å²) in [7, 11) is -3.55. The average molecular weight is 473 g/mol. The summed E-state index contributed by atoms with van der Waals surface area (Å²) in [6, 6.07) is 10.1. The van der Waals surface area contributed by atoms with Crippen LogP contribution in [-0.4, -0.2) is 96.7 Å². The summed E-state index contributed by atoms with van der Waals surface area (Å²) in [5.41, 5.74) is 0. The number of rotatable bonds is 6. The summed E-state index contributed by atoms with van der Waals surface area (Å²) >= 11 is 0. The topological polar surface area (TPSA) is 107 Å². The zero-order valence-corrected chi connectivity index (χ0v) is 19.2. The van der Waals surface area contributed by atoms with Gasteiger partial charge in [-0.25, -0.2) is 18.4 Å². The van der Waals surface area contributed by atoms with E-state index in [-0.39, 0.29) is 42.6 Å². The second kappa shape index (κ2) is 10.3. The molecule has 0 spiro atoms. The van der Waals surface area contributed by atoms with E-state index in [2.05, 4.69) is 9.97 Å². The first kappa shape index (κ1) is 23.1. The molecular weight excluding hydrogens is 444 g/mol. The number of anilines is 1. The molecule has 0 unspecified atom stereocenters. The summed E-state index contributed by atoms with van der Waals surface area (Å²) in [6.07, 6.45) is 3.68. The van der Waals surface area contributed by atoms with Gasteiger partial charge in [0, 0.05) is 77.6 Å². The molecule has 4 rings (SSSR count). The van der Waals surface area contributed by atoms with Crippen molar-refractivity contribution in [3.8, 4) is 0 Å². The van der Waals surface area contributed by atoms with Crippen molar-refractivity contribution in [1.29, 1.82) is 0 Å². The fraction of sp³-hybridized carbons (Fsp3) is 0.455. The van der Waals surface area contributed by atoms with E-state index in [1.54, 1.807) is 58.6 Å². The number of aromatic nitrogens is 2. The summed E-state index contributed by atoms with van der Waals surface area (Å²) in [5.74, 6) is 0.506. The van der Waals surface area contributed by atoms with Gasteiger partial charge in [0.2, 0.25) is 27.8 Å². The lowest BCUT2D eigenvalue weighted by Crippen LogP contribution is -2.51. The van der Waals surface area contributed by atoms with Gasteiger partial charge in [0.1, 0.15) is 0 Å². The largest absolute Gasteiger partial charge is 0.340 e. The van der Waals surface area contributed by atoms with E-state index in [1.807, 2.05) is 4.90 Å². The predicted molar refractivity (Wildman–Crippen MR) is 122 cm³/mol. The number of amides is 2. The maximum atomic E-state index is 12.7. The highest BCUT2D eigenvalue weighted by molar-refractivity contribution is 7.89. The smallest absolute Gasteiger partial charge is 0.243 e. The van der Waals surface area contributed by atoms with Gasteiger partial charge in [0.25, 0.3) is 0 Å². The minimum atomic E-state index is -3.55. The Labute approximate surface area is 193 Å². The molecule has 0 atom stereocenters. The van der Waals surface area contributed by atoms with Crippen molar-refractivity contribution in [3.05, 3.63) is 48.8 Å². The lowest BCUT2D eigenvalue weighted by Gasteiger charge is -2.35. The molecule has 0 bridgehead atoms. The van der Waals surface area contributed by atoms with E-state index in [4.69, 9.17) is 0 Å². The van der Waals surface area contributed by atoms with Crippen molar-refractivity contribution in [2.45, 2.75) is 17.7 Å². The number of hydrogen-bond donors (Lipinski definition) is 0. The third kappa shape index (κ3) is 5.48. The molecule has 2 aliphatic heterocycles. The van der Waals surface area contributed by atoms with Crippen molar-refractivity contribution in [3.63, 3.8) is 0 Å². The first-order chi connectivity index (χ1) is 15.9. The monoisotopic (exact) mass is 472 g/mol. The summed E-state index contributed by atoms with van der Waals surface area (Å²) in [4.78, 5) is 39.4. The molecule has 3 heterocycles. The highest BCUT2D eigenvalue weighted by Gasteiger charge is 2.30. The van der Waals surface area contributed by atoms with Gasteiger partial charge in [0.05, 0.1) is 4.90 Å². The van der Waals surface area contributed by atoms with Crippen molar-refractivity contribution in [2.75, 3.05) is 57.3 Å². The van der Waals surface area contributed by atoms with E-state index in [0.717, 1.165) is 0 Å². The molecule has 0 radical (unpaired) electrons. The molecule has 2 aromatic rings. The third-order valence-electron chi connectivity index (χ3n) is 5.99. The minimum absolute atomic E-state index is 0.0396. The van der Waals surface area contributed by atoms with Gasteiger partial charge in [-0.05, 0) is 18.2 Å². The quantitative estimate of drug-likeness (QED) is 0.600. The Balaban J connectivity index is 1.20. The van der Waals surface area contributed by atoms with Crippen LogP contribution in [0.5, 0.6) is 0 Å². The van der Waals surface area contributed by atoms with Crippen LogP contribution in [0.25, 0.3) is 0 Å². The highest BCUT2D eigenvalue weighted by Crippen LogP contribution is 2.18. The van der Waals surface area contributed by atoms with E-state index in [0.29, 0.717) is 45.2 Å². The second-order valence-electron chi connectivity index (χ2n) is 8.01. The van der Waals surface area contributed by atoms with Crippen LogP contribution in [0.15, 0.2) is 53.7 Å². The molecule has 10 nitrogen and oxygen atoms in total. The van der Waals surface area contributed by atoms with Crippen LogP contribution >= 0.6 is 0 Å². The van der Waals surface area contributed by atoms with Gasteiger partial charge in [-0.1, -0.05) is 18.2 Å². The Hall–Kier alpha value is -3.05. The van der Waals surface area contributed by atoms with Crippen LogP contribution in [0.3, 0.4) is 0 Å². The van der Waals surface area contributed by atoms with E-state index in [9.17, 15) is 18.0 Å². The number of carbonyl (C=O) groups is 2. The summed E-state index contributed by atoms with van der Waals surface area (Å²) in [5, 5.41) is 0. The highest BCUT2D eigenvalue weighted by atomic mass is 32.2. The van der Waals surface area contributed by atoms with E-state index >= 15 is 0 Å². The average Bonchev–Trinajstić information content (AvgIpc) is 2.88. The molecule has 0 saturated carbocycles. The number of hydrogen-bond acceptors (Lipinski definition) is 7. The van der Waals surface area contributed by atoms with Crippen LogP contribution in [0.4, 0.5) is 5.95 Å². The van der Waals surface area contributed by atoms with Crippen molar-refractivity contribution in [2.24, 2.45) is 0 Å². The molecule has 2 aliphatic rings. The fourth-order valence-corrected chi connectivity index (χ4v) is 5.50. The van der Waals surface area contributed by atoms with Crippen molar-refractivity contribution >= 4 is 27.8 Å². The lowest BCUT2D eigenvalue weighted by molar-refractivity contribution is -0.137. The number of sulfonamides is 1. The first-order valence-corrected chi connectivity index (χ1v) is 12.5. The molecular formula is C22H28N6O4S. The van der Waals surface area contributed by atoms with Gasteiger partial charge in [-0.3, -0.25) is 9.59 Å².